The molecule has 5 N–H and O–H groups in total. The van der Waals surface area contributed by atoms with Gasteiger partial charge < -0.3 is 29.8 Å². The lowest BCUT2D eigenvalue weighted by Crippen LogP contribution is -2.54. The molecule has 4 heterocycles. The van der Waals surface area contributed by atoms with Crippen molar-refractivity contribution in [2.24, 2.45) is 0 Å². The lowest BCUT2D eigenvalue weighted by Gasteiger charge is -2.27. The summed E-state index contributed by atoms with van der Waals surface area (Å²) < 4.78 is 31.7. The molecule has 8 rings (SSSR count). The summed E-state index contributed by atoms with van der Waals surface area (Å²) in [5.41, 5.74) is 5.97. The number of amides is 5. The summed E-state index contributed by atoms with van der Waals surface area (Å²) in [7, 11) is 0. The molecule has 1 saturated heterocycles. The maximum absolute atomic E-state index is 13.9. The highest BCUT2D eigenvalue weighted by atomic mass is 35.5. The molecule has 5 amide bonds. The molecule has 2 aliphatic rings. The van der Waals surface area contributed by atoms with E-state index in [1.54, 1.807) is 42.5 Å². The minimum absolute atomic E-state index is 0.0308. The number of imidazole rings is 1. The summed E-state index contributed by atoms with van der Waals surface area (Å²) in [5, 5.41) is 11.8. The van der Waals surface area contributed by atoms with Gasteiger partial charge in [-0.15, -0.1) is 0 Å². The van der Waals surface area contributed by atoms with E-state index in [1.807, 2.05) is 24.3 Å². The number of fused-ring (bicyclic) bond motifs is 2. The van der Waals surface area contributed by atoms with Crippen molar-refractivity contribution in [1.82, 2.24) is 35.3 Å². The van der Waals surface area contributed by atoms with E-state index in [0.717, 1.165) is 34.4 Å². The number of nitrogens with zero attached hydrogens (tertiary/aromatic N) is 3. The van der Waals surface area contributed by atoms with E-state index in [0.29, 0.717) is 71.6 Å². The number of carbonyl (C=O) groups is 5. The molecule has 67 heavy (non-hydrogen) atoms. The van der Waals surface area contributed by atoms with E-state index >= 15 is 0 Å². The van der Waals surface area contributed by atoms with Crippen LogP contribution >= 0.6 is 11.6 Å². The predicted molar refractivity (Wildman–Crippen MR) is 246 cm³/mol. The topological polar surface area (TPSA) is 219 Å². The number of piperidine rings is 1. The van der Waals surface area contributed by atoms with Crippen LogP contribution in [0.5, 0.6) is 0 Å². The number of hydrogen-bond acceptors (Lipinski definition) is 11. The highest BCUT2D eigenvalue weighted by Gasteiger charge is 2.45. The van der Waals surface area contributed by atoms with Crippen LogP contribution in [-0.2, 0) is 47.9 Å². The number of halogens is 2. The van der Waals surface area contributed by atoms with Crippen LogP contribution in [0.25, 0.3) is 28.2 Å². The molecule has 0 spiro atoms. The third kappa shape index (κ3) is 11.2. The van der Waals surface area contributed by atoms with Gasteiger partial charge in [-0.25, -0.2) is 9.37 Å². The van der Waals surface area contributed by atoms with Crippen molar-refractivity contribution in [3.8, 4) is 17.2 Å². The minimum atomic E-state index is -1.06. The van der Waals surface area contributed by atoms with Crippen LogP contribution in [0.1, 0.15) is 56.7 Å². The number of anilines is 1. The Kier molecular flexibility index (Phi) is 15.0. The number of aromatic nitrogens is 4. The van der Waals surface area contributed by atoms with Crippen molar-refractivity contribution in [2.75, 3.05) is 58.0 Å². The molecule has 2 aliphatic heterocycles. The van der Waals surface area contributed by atoms with Gasteiger partial charge in [0, 0.05) is 42.4 Å². The van der Waals surface area contributed by atoms with Gasteiger partial charge in [0.2, 0.25) is 23.7 Å². The SMILES string of the molecule is O=C(COCCOCCOCCCc1ccc(-c2[nH]n(-c3nc4ccc(Cl)cc4[nH]3)c(=O)c2CCc2ccc(F)cc2)cc1)NCCNc1cccc2c1C(=O)N(C1CCC(=O)NC1=O)C2=O. The number of rotatable bonds is 22. The Balaban J connectivity index is 0.708. The van der Waals surface area contributed by atoms with Crippen LogP contribution in [0.3, 0.4) is 0 Å². The molecule has 17 nitrogen and oxygen atoms in total. The number of imide groups is 2. The molecule has 4 aromatic carbocycles. The maximum Gasteiger partial charge on any atom is 0.277 e. The van der Waals surface area contributed by atoms with Gasteiger partial charge in [-0.1, -0.05) is 54.1 Å². The average Bonchev–Trinajstić information content (AvgIpc) is 3.97. The van der Waals surface area contributed by atoms with Crippen molar-refractivity contribution in [3.05, 3.63) is 134 Å². The molecular formula is C48H48ClFN8O9. The zero-order chi connectivity index (χ0) is 46.9. The van der Waals surface area contributed by atoms with E-state index in [2.05, 4.69) is 31.0 Å². The summed E-state index contributed by atoms with van der Waals surface area (Å²) >= 11 is 6.18. The van der Waals surface area contributed by atoms with Crippen LogP contribution < -0.4 is 21.5 Å². The lowest BCUT2D eigenvalue weighted by atomic mass is 10.00. The number of H-pyrrole nitrogens is 2. The average molecular weight is 935 g/mol. The normalized spacial score (nSPS) is 14.8. The highest BCUT2D eigenvalue weighted by molar-refractivity contribution is 6.31. The second-order valence-electron chi connectivity index (χ2n) is 16.0. The lowest BCUT2D eigenvalue weighted by molar-refractivity contribution is -0.136. The van der Waals surface area contributed by atoms with Gasteiger partial charge in [0.05, 0.1) is 54.3 Å². The first kappa shape index (κ1) is 46.5. The molecule has 0 bridgehead atoms. The van der Waals surface area contributed by atoms with E-state index in [1.165, 1.54) is 22.9 Å². The fraction of sp³-hybridized carbons (Fsp3) is 0.312. The third-order valence-corrected chi connectivity index (χ3v) is 11.6. The first-order valence-corrected chi connectivity index (χ1v) is 22.3. The van der Waals surface area contributed by atoms with E-state index in [4.69, 9.17) is 25.8 Å². The maximum atomic E-state index is 13.9. The Bertz CT molecular complexity index is 2840. The molecule has 1 atom stereocenters. The number of carbonyl (C=O) groups excluding carboxylic acids is 5. The fourth-order valence-electron chi connectivity index (χ4n) is 8.02. The van der Waals surface area contributed by atoms with Gasteiger partial charge in [-0.05, 0) is 91.3 Å². The zero-order valence-corrected chi connectivity index (χ0v) is 37.1. The molecular weight excluding hydrogens is 887 g/mol. The predicted octanol–water partition coefficient (Wildman–Crippen LogP) is 4.90. The van der Waals surface area contributed by atoms with Crippen LogP contribution in [0, 0.1) is 5.82 Å². The smallest absolute Gasteiger partial charge is 0.277 e. The molecule has 348 valence electrons. The summed E-state index contributed by atoms with van der Waals surface area (Å²) in [5.74, 6) is -2.65. The molecule has 19 heteroatoms. The first-order chi connectivity index (χ1) is 32.5. The number of nitrogens with one attached hydrogen (secondary N) is 5. The molecule has 0 aliphatic carbocycles. The Labute approximate surface area is 388 Å². The van der Waals surface area contributed by atoms with Gasteiger partial charge in [-0.3, -0.25) is 44.1 Å². The second kappa shape index (κ2) is 21.5. The molecule has 0 saturated carbocycles. The zero-order valence-electron chi connectivity index (χ0n) is 36.3. The molecule has 1 unspecified atom stereocenters. The summed E-state index contributed by atoms with van der Waals surface area (Å²) in [4.78, 5) is 85.1. The largest absolute Gasteiger partial charge is 0.383 e. The van der Waals surface area contributed by atoms with Crippen molar-refractivity contribution in [1.29, 1.82) is 0 Å². The Hall–Kier alpha value is -6.99. The van der Waals surface area contributed by atoms with Crippen molar-refractivity contribution >= 4 is 57.9 Å². The number of aryl methyl sites for hydroxylation is 2. The monoisotopic (exact) mass is 934 g/mol. The van der Waals surface area contributed by atoms with E-state index < -0.39 is 29.7 Å². The minimum Gasteiger partial charge on any atom is -0.383 e. The highest BCUT2D eigenvalue weighted by Crippen LogP contribution is 2.32. The van der Waals surface area contributed by atoms with Gasteiger partial charge in [0.1, 0.15) is 18.5 Å². The number of ether oxygens (including phenoxy) is 3. The van der Waals surface area contributed by atoms with Crippen molar-refractivity contribution < 1.29 is 42.6 Å². The van der Waals surface area contributed by atoms with Gasteiger partial charge in [-0.2, -0.15) is 4.68 Å². The summed E-state index contributed by atoms with van der Waals surface area (Å²) in [6.07, 6.45) is 2.63. The van der Waals surface area contributed by atoms with Gasteiger partial charge in [0.15, 0.2) is 0 Å². The summed E-state index contributed by atoms with van der Waals surface area (Å²) in [6, 6.07) is 23.3. The molecule has 6 aromatic rings. The van der Waals surface area contributed by atoms with Crippen LogP contribution in [-0.4, -0.2) is 113 Å². The molecule has 1 fully saturated rings. The first-order valence-electron chi connectivity index (χ1n) is 22.0. The Morgan fingerprint density at radius 3 is 2.33 bits per heavy atom. The standard InChI is InChI=1S/C48H48ClFN8O9/c49-32-13-17-36-38(27-32)54-48(53-36)58-46(63)35(16-10-30-8-14-33(50)15-9-30)43(56-58)31-11-6-29(7-12-31)3-2-22-65-23-24-66-25-26-67-28-41(60)52-21-20-51-37-5-1-4-34-42(37)47(64)57(45(34)62)39-18-19-40(59)55-44(39)61/h1,4-9,11-15,17,27,39,51,56H,2-3,10,16,18-26,28H2,(H,52,60)(H,53,54)(H,55,59,61). The van der Waals surface area contributed by atoms with Gasteiger partial charge in [0.25, 0.3) is 17.4 Å². The van der Waals surface area contributed by atoms with E-state index in [9.17, 15) is 33.2 Å². The van der Waals surface area contributed by atoms with Crippen molar-refractivity contribution in [2.45, 2.75) is 44.6 Å². The van der Waals surface area contributed by atoms with Crippen molar-refractivity contribution in [3.63, 3.8) is 0 Å². The van der Waals surface area contributed by atoms with Crippen LogP contribution in [0.4, 0.5) is 10.1 Å². The number of benzene rings is 4. The van der Waals surface area contributed by atoms with Crippen LogP contribution in [0.2, 0.25) is 5.02 Å². The summed E-state index contributed by atoms with van der Waals surface area (Å²) in [6.45, 7) is 2.08. The third-order valence-electron chi connectivity index (χ3n) is 11.4. The van der Waals surface area contributed by atoms with Crippen LogP contribution in [0.15, 0.2) is 89.7 Å². The van der Waals surface area contributed by atoms with Gasteiger partial charge >= 0.3 is 0 Å². The Morgan fingerprint density at radius 1 is 0.821 bits per heavy atom. The quantitative estimate of drug-likeness (QED) is 0.0456. The van der Waals surface area contributed by atoms with E-state index in [-0.39, 0.29) is 74.2 Å². The number of aromatic amines is 2. The number of hydrogen-bond donors (Lipinski definition) is 5. The Morgan fingerprint density at radius 2 is 1.55 bits per heavy atom. The molecule has 0 radical (unpaired) electrons. The fourth-order valence-corrected chi connectivity index (χ4v) is 8.19. The molecule has 2 aromatic heterocycles. The second-order valence-corrected chi connectivity index (χ2v) is 16.4.